The van der Waals surface area contributed by atoms with Gasteiger partial charge in [0, 0.05) is 16.9 Å². The molecule has 0 aliphatic carbocycles. The fourth-order valence-corrected chi connectivity index (χ4v) is 2.30. The molecule has 0 aliphatic rings. The summed E-state index contributed by atoms with van der Waals surface area (Å²) < 4.78 is 2.07. The molecule has 0 amide bonds. The van der Waals surface area contributed by atoms with Crippen LogP contribution in [0.5, 0.6) is 0 Å². The number of rotatable bonds is 3. The number of aliphatic imine (C=N–C) groups is 1. The number of benzene rings is 2. The Bertz CT molecular complexity index is 773. The number of aryl methyl sites for hydroxylation is 1. The summed E-state index contributed by atoms with van der Waals surface area (Å²) in [6.07, 6.45) is 3.87. The summed E-state index contributed by atoms with van der Waals surface area (Å²) in [5.74, 6) is 0. The lowest BCUT2D eigenvalue weighted by Crippen LogP contribution is -1.98. The third-order valence-corrected chi connectivity index (χ3v) is 3.72. The summed E-state index contributed by atoms with van der Waals surface area (Å²) in [5, 5.41) is 0.771. The number of hydrogen-bond acceptors (Lipinski definition) is 1. The fourth-order valence-electron chi connectivity index (χ4n) is 2.12. The fraction of sp³-hybridized carbons (Fsp3) is 0.0556. The molecule has 0 spiro atoms. The minimum Gasteiger partial charge on any atom is -0.316 e. The van der Waals surface area contributed by atoms with Crippen molar-refractivity contribution in [2.45, 2.75) is 6.92 Å². The number of aromatic nitrogens is 1. The minimum absolute atomic E-state index is 0.771. The summed E-state index contributed by atoms with van der Waals surface area (Å²) in [7, 11) is 0. The maximum absolute atomic E-state index is 6.21. The van der Waals surface area contributed by atoms with Gasteiger partial charge < -0.3 is 4.57 Å². The van der Waals surface area contributed by atoms with Crippen LogP contribution in [0.3, 0.4) is 0 Å². The van der Waals surface area contributed by atoms with Crippen molar-refractivity contribution in [1.29, 1.82) is 0 Å². The molecule has 0 bridgehead atoms. The van der Waals surface area contributed by atoms with E-state index in [-0.39, 0.29) is 0 Å². The second-order valence-electron chi connectivity index (χ2n) is 4.83. The molecule has 0 fully saturated rings. The van der Waals surface area contributed by atoms with E-state index in [9.17, 15) is 0 Å². The lowest BCUT2D eigenvalue weighted by atomic mass is 10.2. The molecule has 0 saturated carbocycles. The average Bonchev–Trinajstić information content (AvgIpc) is 2.97. The zero-order valence-corrected chi connectivity index (χ0v) is 12.5. The first-order valence-electron chi connectivity index (χ1n) is 6.77. The molecule has 0 saturated heterocycles. The van der Waals surface area contributed by atoms with Gasteiger partial charge in [0.05, 0.1) is 17.6 Å². The largest absolute Gasteiger partial charge is 0.316 e. The maximum Gasteiger partial charge on any atom is 0.0639 e. The summed E-state index contributed by atoms with van der Waals surface area (Å²) in [6.45, 7) is 2.00. The van der Waals surface area contributed by atoms with Crippen LogP contribution in [0.2, 0.25) is 5.02 Å². The van der Waals surface area contributed by atoms with E-state index in [1.54, 1.807) is 0 Å². The molecule has 2 aromatic carbocycles. The van der Waals surface area contributed by atoms with Gasteiger partial charge >= 0.3 is 0 Å². The van der Waals surface area contributed by atoms with Gasteiger partial charge in [0.15, 0.2) is 0 Å². The molecular weight excluding hydrogens is 280 g/mol. The van der Waals surface area contributed by atoms with E-state index in [2.05, 4.69) is 15.6 Å². The van der Waals surface area contributed by atoms with Crippen molar-refractivity contribution in [3.05, 3.63) is 83.1 Å². The molecule has 0 N–H and O–H groups in total. The van der Waals surface area contributed by atoms with Crippen LogP contribution in [0, 0.1) is 6.92 Å². The van der Waals surface area contributed by atoms with Crippen molar-refractivity contribution >= 4 is 23.5 Å². The summed E-state index contributed by atoms with van der Waals surface area (Å²) in [5.41, 5.74) is 4.06. The molecule has 104 valence electrons. The molecule has 1 aromatic heterocycles. The quantitative estimate of drug-likeness (QED) is 0.592. The van der Waals surface area contributed by atoms with Gasteiger partial charge in [0.25, 0.3) is 0 Å². The van der Waals surface area contributed by atoms with Crippen LogP contribution in [0.25, 0.3) is 5.69 Å². The Kier molecular flexibility index (Phi) is 3.89. The molecule has 3 heteroatoms. The molecule has 2 nitrogen and oxygen atoms in total. The lowest BCUT2D eigenvalue weighted by Gasteiger charge is -2.08. The van der Waals surface area contributed by atoms with Gasteiger partial charge in [-0.3, -0.25) is 4.99 Å². The topological polar surface area (TPSA) is 17.3 Å². The summed E-state index contributed by atoms with van der Waals surface area (Å²) in [6, 6.07) is 20.0. The second-order valence-corrected chi connectivity index (χ2v) is 5.24. The Morgan fingerprint density at radius 1 is 1.00 bits per heavy atom. The predicted molar refractivity (Wildman–Crippen MR) is 89.2 cm³/mol. The molecule has 3 rings (SSSR count). The third kappa shape index (κ3) is 3.06. The van der Waals surface area contributed by atoms with Gasteiger partial charge in [0.2, 0.25) is 0 Å². The molecule has 3 aromatic rings. The van der Waals surface area contributed by atoms with Crippen LogP contribution in [0.4, 0.5) is 5.69 Å². The SMILES string of the molecule is Cc1ccc(-n2cccc2C=Nc2ccccc2)cc1Cl. The van der Waals surface area contributed by atoms with Gasteiger partial charge in [0.1, 0.15) is 0 Å². The Balaban J connectivity index is 1.94. The zero-order valence-electron chi connectivity index (χ0n) is 11.7. The van der Waals surface area contributed by atoms with E-state index in [1.807, 2.05) is 73.9 Å². The van der Waals surface area contributed by atoms with Gasteiger partial charge in [-0.2, -0.15) is 0 Å². The van der Waals surface area contributed by atoms with Gasteiger partial charge in [-0.05, 0) is 48.9 Å². The molecule has 0 aliphatic heterocycles. The first-order valence-corrected chi connectivity index (χ1v) is 7.15. The summed E-state index contributed by atoms with van der Waals surface area (Å²) >= 11 is 6.21. The Hall–Kier alpha value is -2.32. The first-order chi connectivity index (χ1) is 10.2. The smallest absolute Gasteiger partial charge is 0.0639 e. The Morgan fingerprint density at radius 2 is 1.81 bits per heavy atom. The van der Waals surface area contributed by atoms with E-state index >= 15 is 0 Å². The number of nitrogens with zero attached hydrogens (tertiary/aromatic N) is 2. The van der Waals surface area contributed by atoms with Gasteiger partial charge in [-0.1, -0.05) is 35.9 Å². The Morgan fingerprint density at radius 3 is 2.57 bits per heavy atom. The van der Waals surface area contributed by atoms with Crippen molar-refractivity contribution in [3.8, 4) is 5.69 Å². The number of halogens is 1. The van der Waals surface area contributed by atoms with E-state index in [4.69, 9.17) is 11.6 Å². The highest BCUT2D eigenvalue weighted by Gasteiger charge is 2.03. The van der Waals surface area contributed by atoms with Crippen LogP contribution in [0.15, 0.2) is 71.9 Å². The number of para-hydroxylation sites is 1. The highest BCUT2D eigenvalue weighted by atomic mass is 35.5. The van der Waals surface area contributed by atoms with Crippen LogP contribution in [0.1, 0.15) is 11.3 Å². The van der Waals surface area contributed by atoms with Crippen molar-refractivity contribution in [2.24, 2.45) is 4.99 Å². The highest BCUT2D eigenvalue weighted by molar-refractivity contribution is 6.31. The maximum atomic E-state index is 6.21. The first kappa shape index (κ1) is 13.7. The van der Waals surface area contributed by atoms with E-state index < -0.39 is 0 Å². The monoisotopic (exact) mass is 294 g/mol. The molecule has 21 heavy (non-hydrogen) atoms. The molecule has 0 radical (unpaired) electrons. The van der Waals surface area contributed by atoms with Crippen LogP contribution in [-0.2, 0) is 0 Å². The molecule has 0 unspecified atom stereocenters. The molecule has 1 heterocycles. The zero-order chi connectivity index (χ0) is 14.7. The minimum atomic E-state index is 0.771. The van der Waals surface area contributed by atoms with Crippen molar-refractivity contribution in [1.82, 2.24) is 4.57 Å². The predicted octanol–water partition coefficient (Wildman–Crippen LogP) is 5.19. The summed E-state index contributed by atoms with van der Waals surface area (Å²) in [4.78, 5) is 4.50. The van der Waals surface area contributed by atoms with Gasteiger partial charge in [-0.25, -0.2) is 0 Å². The molecule has 0 atom stereocenters. The second kappa shape index (κ2) is 5.98. The number of hydrogen-bond donors (Lipinski definition) is 0. The van der Waals surface area contributed by atoms with Crippen molar-refractivity contribution < 1.29 is 0 Å². The van der Waals surface area contributed by atoms with E-state index in [1.165, 1.54) is 0 Å². The normalized spacial score (nSPS) is 11.1. The van der Waals surface area contributed by atoms with Crippen LogP contribution < -0.4 is 0 Å². The van der Waals surface area contributed by atoms with E-state index in [0.29, 0.717) is 0 Å². The average molecular weight is 295 g/mol. The van der Waals surface area contributed by atoms with E-state index in [0.717, 1.165) is 27.7 Å². The highest BCUT2D eigenvalue weighted by Crippen LogP contribution is 2.21. The van der Waals surface area contributed by atoms with Crippen molar-refractivity contribution in [2.75, 3.05) is 0 Å². The van der Waals surface area contributed by atoms with Crippen molar-refractivity contribution in [3.63, 3.8) is 0 Å². The third-order valence-electron chi connectivity index (χ3n) is 3.32. The molecular formula is C18H15ClN2. The Labute approximate surface area is 129 Å². The van der Waals surface area contributed by atoms with Crippen LogP contribution in [-0.4, -0.2) is 10.8 Å². The van der Waals surface area contributed by atoms with Gasteiger partial charge in [-0.15, -0.1) is 0 Å². The lowest BCUT2D eigenvalue weighted by molar-refractivity contribution is 1.06. The standard InChI is InChI=1S/C18H15ClN2/c1-14-9-10-16(12-18(14)19)21-11-5-8-17(21)13-20-15-6-3-2-4-7-15/h2-13H,1H3. The van der Waals surface area contributed by atoms with Crippen LogP contribution >= 0.6 is 11.6 Å².